The van der Waals surface area contributed by atoms with E-state index < -0.39 is 5.91 Å². The van der Waals surface area contributed by atoms with Crippen molar-refractivity contribution in [3.63, 3.8) is 0 Å². The van der Waals surface area contributed by atoms with Gasteiger partial charge in [0.1, 0.15) is 5.75 Å². The highest BCUT2D eigenvalue weighted by molar-refractivity contribution is 6.31. The molecule has 1 fully saturated rings. The number of phenolic OH excluding ortho intramolecular Hbond substituents is 1. The number of phenols is 1. The van der Waals surface area contributed by atoms with Gasteiger partial charge in [0.05, 0.1) is 5.69 Å². The number of nitrogens with one attached hydrogen (secondary N) is 1. The number of nitrogens with zero attached hydrogens (tertiary/aromatic N) is 1. The number of anilines is 1. The first kappa shape index (κ1) is 17.3. The second-order valence-corrected chi connectivity index (χ2v) is 6.49. The van der Waals surface area contributed by atoms with Crippen molar-refractivity contribution in [1.82, 2.24) is 4.90 Å². The maximum Gasteiger partial charge on any atom is 0.255 e. The molecule has 25 heavy (non-hydrogen) atoms. The van der Waals surface area contributed by atoms with Gasteiger partial charge in [0.25, 0.3) is 11.8 Å². The first-order valence-electron chi connectivity index (χ1n) is 8.24. The van der Waals surface area contributed by atoms with E-state index >= 15 is 0 Å². The molecular weight excluding hydrogens is 340 g/mol. The smallest absolute Gasteiger partial charge is 0.255 e. The minimum Gasteiger partial charge on any atom is -0.506 e. The van der Waals surface area contributed by atoms with Crippen molar-refractivity contribution in [1.29, 1.82) is 0 Å². The number of likely N-dealkylation sites (tertiary alicyclic amines) is 1. The summed E-state index contributed by atoms with van der Waals surface area (Å²) in [5.41, 5.74) is 1.07. The zero-order chi connectivity index (χ0) is 17.8. The summed E-state index contributed by atoms with van der Waals surface area (Å²) in [6, 6.07) is 11.0. The number of benzene rings is 2. The molecule has 0 radical (unpaired) electrons. The maximum atomic E-state index is 12.6. The van der Waals surface area contributed by atoms with Gasteiger partial charge in [-0.1, -0.05) is 17.7 Å². The fraction of sp³-hybridized carbons (Fsp3) is 0.263. The van der Waals surface area contributed by atoms with Gasteiger partial charge in [-0.3, -0.25) is 9.59 Å². The van der Waals surface area contributed by atoms with Crippen molar-refractivity contribution in [2.45, 2.75) is 19.3 Å². The minimum absolute atomic E-state index is 0.0556. The van der Waals surface area contributed by atoms with Crippen molar-refractivity contribution < 1.29 is 14.7 Å². The molecule has 1 aliphatic heterocycles. The Hall–Kier alpha value is -2.53. The summed E-state index contributed by atoms with van der Waals surface area (Å²) >= 11 is 5.89. The molecule has 0 saturated carbocycles. The Morgan fingerprint density at radius 3 is 2.48 bits per heavy atom. The molecule has 5 nitrogen and oxygen atoms in total. The third-order valence-electron chi connectivity index (χ3n) is 4.22. The van der Waals surface area contributed by atoms with E-state index in [0.29, 0.717) is 16.1 Å². The molecule has 1 saturated heterocycles. The third kappa shape index (κ3) is 4.12. The zero-order valence-electron chi connectivity index (χ0n) is 13.7. The highest BCUT2D eigenvalue weighted by Gasteiger charge is 2.19. The number of amides is 2. The molecule has 2 aromatic rings. The summed E-state index contributed by atoms with van der Waals surface area (Å²) in [7, 11) is 0. The van der Waals surface area contributed by atoms with Gasteiger partial charge in [-0.05, 0) is 55.7 Å². The molecule has 3 rings (SSSR count). The Morgan fingerprint density at radius 1 is 1.00 bits per heavy atom. The molecule has 0 bridgehead atoms. The van der Waals surface area contributed by atoms with E-state index in [1.165, 1.54) is 18.2 Å². The lowest BCUT2D eigenvalue weighted by Gasteiger charge is -2.26. The average Bonchev–Trinajstić information content (AvgIpc) is 2.65. The zero-order valence-corrected chi connectivity index (χ0v) is 14.4. The lowest BCUT2D eigenvalue weighted by atomic mass is 10.1. The Morgan fingerprint density at radius 2 is 1.72 bits per heavy atom. The highest BCUT2D eigenvalue weighted by Crippen LogP contribution is 2.27. The van der Waals surface area contributed by atoms with Gasteiger partial charge in [0, 0.05) is 29.2 Å². The lowest BCUT2D eigenvalue weighted by Crippen LogP contribution is -2.35. The van der Waals surface area contributed by atoms with Crippen LogP contribution >= 0.6 is 11.6 Å². The Balaban J connectivity index is 1.77. The summed E-state index contributed by atoms with van der Waals surface area (Å²) in [4.78, 5) is 26.8. The van der Waals surface area contributed by atoms with Crippen LogP contribution in [0.2, 0.25) is 5.02 Å². The number of piperidine rings is 1. The van der Waals surface area contributed by atoms with Crippen molar-refractivity contribution in [2.24, 2.45) is 0 Å². The van der Waals surface area contributed by atoms with Crippen LogP contribution in [0, 0.1) is 0 Å². The summed E-state index contributed by atoms with van der Waals surface area (Å²) in [5, 5.41) is 12.8. The van der Waals surface area contributed by atoms with Crippen LogP contribution in [0.25, 0.3) is 0 Å². The second-order valence-electron chi connectivity index (χ2n) is 6.05. The quantitative estimate of drug-likeness (QED) is 0.817. The number of hydrogen-bond acceptors (Lipinski definition) is 3. The molecule has 0 atom stereocenters. The lowest BCUT2D eigenvalue weighted by molar-refractivity contribution is 0.0724. The van der Waals surface area contributed by atoms with E-state index in [4.69, 9.17) is 11.6 Å². The van der Waals surface area contributed by atoms with Gasteiger partial charge in [0.2, 0.25) is 0 Å². The molecule has 0 unspecified atom stereocenters. The molecule has 1 aliphatic rings. The molecule has 0 spiro atoms. The Bertz CT molecular complexity index is 801. The molecule has 130 valence electrons. The number of halogens is 1. The largest absolute Gasteiger partial charge is 0.506 e. The maximum absolute atomic E-state index is 12.6. The first-order chi connectivity index (χ1) is 12.0. The standard InChI is InChI=1S/C19H19ClN2O3/c20-15-7-8-17(23)16(12-15)21-18(24)13-5-4-6-14(11-13)19(25)22-9-2-1-3-10-22/h4-8,11-12,23H,1-3,9-10H2,(H,21,24). The van der Waals surface area contributed by atoms with Crippen LogP contribution in [0.15, 0.2) is 42.5 Å². The number of carbonyl (C=O) groups is 2. The summed E-state index contributed by atoms with van der Waals surface area (Å²) in [6.45, 7) is 1.51. The number of aromatic hydroxyl groups is 1. The van der Waals surface area contributed by atoms with Crippen LogP contribution in [-0.2, 0) is 0 Å². The van der Waals surface area contributed by atoms with E-state index in [-0.39, 0.29) is 17.3 Å². The predicted octanol–water partition coefficient (Wildman–Crippen LogP) is 3.92. The van der Waals surface area contributed by atoms with E-state index in [1.54, 1.807) is 24.3 Å². The topological polar surface area (TPSA) is 69.6 Å². The minimum atomic E-state index is -0.411. The van der Waals surface area contributed by atoms with E-state index in [9.17, 15) is 14.7 Å². The monoisotopic (exact) mass is 358 g/mol. The van der Waals surface area contributed by atoms with Crippen LogP contribution in [0.1, 0.15) is 40.0 Å². The van der Waals surface area contributed by atoms with Crippen molar-refractivity contribution in [2.75, 3.05) is 18.4 Å². The predicted molar refractivity (Wildman–Crippen MR) is 97.3 cm³/mol. The fourth-order valence-corrected chi connectivity index (χ4v) is 3.05. The van der Waals surface area contributed by atoms with Gasteiger partial charge < -0.3 is 15.3 Å². The summed E-state index contributed by atoms with van der Waals surface area (Å²) in [6.07, 6.45) is 3.18. The highest BCUT2D eigenvalue weighted by atomic mass is 35.5. The molecule has 2 amide bonds. The van der Waals surface area contributed by atoms with Gasteiger partial charge in [-0.15, -0.1) is 0 Å². The van der Waals surface area contributed by atoms with Crippen LogP contribution in [0.5, 0.6) is 5.75 Å². The molecule has 2 aromatic carbocycles. The van der Waals surface area contributed by atoms with Gasteiger partial charge in [-0.2, -0.15) is 0 Å². The van der Waals surface area contributed by atoms with Crippen molar-refractivity contribution in [3.8, 4) is 5.75 Å². The van der Waals surface area contributed by atoms with Crippen LogP contribution in [0.4, 0.5) is 5.69 Å². The summed E-state index contributed by atoms with van der Waals surface area (Å²) < 4.78 is 0. The number of hydrogen-bond donors (Lipinski definition) is 2. The molecule has 6 heteroatoms. The molecule has 0 aromatic heterocycles. The number of carbonyl (C=O) groups excluding carboxylic acids is 2. The molecular formula is C19H19ClN2O3. The van der Waals surface area contributed by atoms with Gasteiger partial charge >= 0.3 is 0 Å². The average molecular weight is 359 g/mol. The summed E-state index contributed by atoms with van der Waals surface area (Å²) in [5.74, 6) is -0.538. The van der Waals surface area contributed by atoms with E-state index in [1.807, 2.05) is 4.90 Å². The Kier molecular flexibility index (Phi) is 5.24. The van der Waals surface area contributed by atoms with Gasteiger partial charge in [0.15, 0.2) is 0 Å². The van der Waals surface area contributed by atoms with Crippen LogP contribution in [0.3, 0.4) is 0 Å². The van der Waals surface area contributed by atoms with E-state index in [2.05, 4.69) is 5.32 Å². The Labute approximate surface area is 151 Å². The van der Waals surface area contributed by atoms with Crippen molar-refractivity contribution >= 4 is 29.1 Å². The third-order valence-corrected chi connectivity index (χ3v) is 4.46. The van der Waals surface area contributed by atoms with Gasteiger partial charge in [-0.25, -0.2) is 0 Å². The molecule has 0 aliphatic carbocycles. The van der Waals surface area contributed by atoms with Crippen LogP contribution in [-0.4, -0.2) is 34.9 Å². The normalized spacial score (nSPS) is 14.2. The second kappa shape index (κ2) is 7.57. The molecule has 2 N–H and O–H groups in total. The molecule has 1 heterocycles. The SMILES string of the molecule is O=C(Nc1cc(Cl)ccc1O)c1cccc(C(=O)N2CCCCC2)c1. The fourth-order valence-electron chi connectivity index (χ4n) is 2.88. The first-order valence-corrected chi connectivity index (χ1v) is 8.61. The van der Waals surface area contributed by atoms with Crippen molar-refractivity contribution in [3.05, 3.63) is 58.6 Å². The van der Waals surface area contributed by atoms with E-state index in [0.717, 1.165) is 32.4 Å². The number of rotatable bonds is 3. The van der Waals surface area contributed by atoms with Crippen LogP contribution < -0.4 is 5.32 Å².